The molecule has 0 amide bonds. The molecule has 0 spiro atoms. The number of alkyl halides is 3. The van der Waals surface area contributed by atoms with Gasteiger partial charge in [-0.1, -0.05) is 0 Å². The molecule has 0 saturated carbocycles. The highest BCUT2D eigenvalue weighted by atomic mass is 19.4. The summed E-state index contributed by atoms with van der Waals surface area (Å²) in [6.07, 6.45) is -2.99. The Morgan fingerprint density at radius 2 is 1.73 bits per heavy atom. The van der Waals surface area contributed by atoms with Gasteiger partial charge in [-0.05, 0) is 0 Å². The molecule has 2 N–H and O–H groups in total. The van der Waals surface area contributed by atoms with Crippen molar-refractivity contribution in [1.29, 1.82) is 0 Å². The van der Waals surface area contributed by atoms with Gasteiger partial charge in [-0.25, -0.2) is 0 Å². The van der Waals surface area contributed by atoms with Crippen LogP contribution in [-0.4, -0.2) is 10.2 Å². The molecule has 0 aliphatic rings. The zero-order valence-corrected chi connectivity index (χ0v) is 5.26. The van der Waals surface area contributed by atoms with Crippen LogP contribution < -0.4 is 5.73 Å². The number of anilines is 1. The molecule has 1 heterocycles. The van der Waals surface area contributed by atoms with Gasteiger partial charge >= 0.3 is 6.18 Å². The summed E-state index contributed by atoms with van der Waals surface area (Å²) in [5.74, 6) is 0. The Bertz CT molecular complexity index is 257. The third-order valence-corrected chi connectivity index (χ3v) is 1.07. The highest BCUT2D eigenvalue weighted by molar-refractivity contribution is 5.43. The van der Waals surface area contributed by atoms with E-state index in [1.165, 1.54) is 0 Å². The van der Waals surface area contributed by atoms with Crippen molar-refractivity contribution in [2.24, 2.45) is 0 Å². The molecule has 1 rings (SSSR count). The summed E-state index contributed by atoms with van der Waals surface area (Å²) < 4.78 is 35.7. The van der Waals surface area contributed by atoms with Gasteiger partial charge in [0.15, 0.2) is 0 Å². The topological polar surface area (TPSA) is 51.8 Å². The van der Waals surface area contributed by atoms with Gasteiger partial charge in [-0.3, -0.25) is 0 Å². The van der Waals surface area contributed by atoms with Crippen LogP contribution in [0.2, 0.25) is 0 Å². The van der Waals surface area contributed by atoms with Crippen LogP contribution in [0.3, 0.4) is 0 Å². The van der Waals surface area contributed by atoms with E-state index in [1.807, 2.05) is 0 Å². The van der Waals surface area contributed by atoms with Gasteiger partial charge < -0.3 is 5.73 Å². The van der Waals surface area contributed by atoms with Crippen LogP contribution >= 0.6 is 0 Å². The maximum Gasteiger partial charge on any atom is 0.419 e. The first-order chi connectivity index (χ1) is 5.02. The molecule has 0 aromatic carbocycles. The molecule has 11 heavy (non-hydrogen) atoms. The molecule has 1 aromatic rings. The van der Waals surface area contributed by atoms with Gasteiger partial charge in [0.25, 0.3) is 0 Å². The van der Waals surface area contributed by atoms with E-state index in [1.54, 1.807) is 0 Å². The third kappa shape index (κ3) is 1.57. The first-order valence-electron chi connectivity index (χ1n) is 2.65. The van der Waals surface area contributed by atoms with E-state index in [-0.39, 0.29) is 0 Å². The van der Waals surface area contributed by atoms with Gasteiger partial charge in [0.05, 0.1) is 18.1 Å². The zero-order valence-electron chi connectivity index (χ0n) is 5.26. The van der Waals surface area contributed by atoms with Gasteiger partial charge in [0.2, 0.25) is 0 Å². The molecule has 6 heteroatoms. The number of aromatic nitrogens is 2. The fraction of sp³-hybridized carbons (Fsp3) is 0.200. The van der Waals surface area contributed by atoms with Crippen molar-refractivity contribution in [3.8, 4) is 0 Å². The van der Waals surface area contributed by atoms with E-state index < -0.39 is 17.4 Å². The van der Waals surface area contributed by atoms with Crippen molar-refractivity contribution < 1.29 is 13.2 Å². The highest BCUT2D eigenvalue weighted by Gasteiger charge is 2.33. The van der Waals surface area contributed by atoms with Crippen LogP contribution in [0, 0.1) is 0 Å². The summed E-state index contributed by atoms with van der Waals surface area (Å²) in [4.78, 5) is 0. The van der Waals surface area contributed by atoms with Crippen LogP contribution in [0.1, 0.15) is 5.56 Å². The monoisotopic (exact) mass is 163 g/mol. The zero-order chi connectivity index (χ0) is 8.48. The minimum atomic E-state index is -4.44. The first kappa shape index (κ1) is 7.77. The van der Waals surface area contributed by atoms with Crippen molar-refractivity contribution >= 4 is 5.69 Å². The second-order valence-corrected chi connectivity index (χ2v) is 1.86. The van der Waals surface area contributed by atoms with E-state index in [0.29, 0.717) is 6.20 Å². The summed E-state index contributed by atoms with van der Waals surface area (Å²) in [5, 5.41) is 6.25. The van der Waals surface area contributed by atoms with Gasteiger partial charge in [-0.15, -0.1) is 0 Å². The number of rotatable bonds is 0. The summed E-state index contributed by atoms with van der Waals surface area (Å²) >= 11 is 0. The maximum absolute atomic E-state index is 11.9. The lowest BCUT2D eigenvalue weighted by atomic mass is 10.2. The van der Waals surface area contributed by atoms with Gasteiger partial charge in [-0.2, -0.15) is 23.4 Å². The van der Waals surface area contributed by atoms with Crippen LogP contribution in [0.25, 0.3) is 0 Å². The quantitative estimate of drug-likeness (QED) is 0.622. The van der Waals surface area contributed by atoms with Crippen molar-refractivity contribution in [3.05, 3.63) is 18.0 Å². The smallest absolute Gasteiger partial charge is 0.397 e. The van der Waals surface area contributed by atoms with Crippen molar-refractivity contribution in [3.63, 3.8) is 0 Å². The number of nitrogens with zero attached hydrogens (tertiary/aromatic N) is 2. The number of nitrogen functional groups attached to an aromatic ring is 1. The first-order valence-corrected chi connectivity index (χ1v) is 2.65. The second kappa shape index (κ2) is 2.37. The molecule has 1 aromatic heterocycles. The standard InChI is InChI=1S/C5H4F3N3/c6-5(7,8)3-1-10-11-2-4(3)9/h1-2H,(H2,9,10). The molecule has 0 aliphatic carbocycles. The Hall–Kier alpha value is -1.33. The minimum absolute atomic E-state index is 0.410. The van der Waals surface area contributed by atoms with Crippen molar-refractivity contribution in [2.45, 2.75) is 6.18 Å². The average molecular weight is 163 g/mol. The molecule has 60 valence electrons. The molecule has 0 atom stereocenters. The molecule has 0 radical (unpaired) electrons. The van der Waals surface area contributed by atoms with E-state index in [0.717, 1.165) is 6.20 Å². The predicted octanol–water partition coefficient (Wildman–Crippen LogP) is 1.08. The molecule has 0 fully saturated rings. The largest absolute Gasteiger partial charge is 0.419 e. The predicted molar refractivity (Wildman–Crippen MR) is 31.4 cm³/mol. The maximum atomic E-state index is 11.9. The van der Waals surface area contributed by atoms with E-state index in [4.69, 9.17) is 5.73 Å². The number of halogens is 3. The Morgan fingerprint density at radius 1 is 1.18 bits per heavy atom. The van der Waals surface area contributed by atoms with Crippen LogP contribution in [0.5, 0.6) is 0 Å². The van der Waals surface area contributed by atoms with E-state index in [9.17, 15) is 13.2 Å². The van der Waals surface area contributed by atoms with Crippen LogP contribution in [0.4, 0.5) is 18.9 Å². The van der Waals surface area contributed by atoms with Gasteiger partial charge in [0, 0.05) is 0 Å². The molecular formula is C5H4F3N3. The highest BCUT2D eigenvalue weighted by Crippen LogP contribution is 2.31. The van der Waals surface area contributed by atoms with E-state index in [2.05, 4.69) is 10.2 Å². The SMILES string of the molecule is Nc1cnncc1C(F)(F)F. The van der Waals surface area contributed by atoms with Crippen LogP contribution in [-0.2, 0) is 6.18 Å². The Kier molecular flexibility index (Phi) is 1.67. The molecule has 0 saturated heterocycles. The lowest BCUT2D eigenvalue weighted by Gasteiger charge is -2.06. The second-order valence-electron chi connectivity index (χ2n) is 1.86. The third-order valence-electron chi connectivity index (χ3n) is 1.07. The van der Waals surface area contributed by atoms with Crippen molar-refractivity contribution in [2.75, 3.05) is 5.73 Å². The summed E-state index contributed by atoms with van der Waals surface area (Å²) in [6.45, 7) is 0. The van der Waals surface area contributed by atoms with E-state index >= 15 is 0 Å². The average Bonchev–Trinajstić information content (AvgIpc) is 1.86. The summed E-state index contributed by atoms with van der Waals surface area (Å²) in [7, 11) is 0. The summed E-state index contributed by atoms with van der Waals surface area (Å²) in [5.41, 5.74) is 3.62. The fourth-order valence-corrected chi connectivity index (χ4v) is 0.568. The number of hydrogen-bond acceptors (Lipinski definition) is 3. The number of hydrogen-bond donors (Lipinski definition) is 1. The molecular weight excluding hydrogens is 159 g/mol. The normalized spacial score (nSPS) is 11.5. The Balaban J connectivity index is 3.14. The Morgan fingerprint density at radius 3 is 2.09 bits per heavy atom. The lowest BCUT2D eigenvalue weighted by molar-refractivity contribution is -0.137. The minimum Gasteiger partial charge on any atom is -0.397 e. The van der Waals surface area contributed by atoms with Gasteiger partial charge in [0.1, 0.15) is 5.56 Å². The van der Waals surface area contributed by atoms with Crippen LogP contribution in [0.15, 0.2) is 12.4 Å². The lowest BCUT2D eigenvalue weighted by Crippen LogP contribution is -2.09. The number of nitrogens with two attached hydrogens (primary N) is 1. The fourth-order valence-electron chi connectivity index (χ4n) is 0.568. The summed E-state index contributed by atoms with van der Waals surface area (Å²) in [6, 6.07) is 0. The Labute approximate surface area is 60.0 Å². The molecule has 0 aliphatic heterocycles. The molecule has 0 bridgehead atoms. The molecule has 3 nitrogen and oxygen atoms in total. The molecule has 0 unspecified atom stereocenters. The van der Waals surface area contributed by atoms with Crippen molar-refractivity contribution in [1.82, 2.24) is 10.2 Å².